The molecule has 0 bridgehead atoms. The lowest BCUT2D eigenvalue weighted by Crippen LogP contribution is -2.43. The fourth-order valence-electron chi connectivity index (χ4n) is 2.30. The molecule has 130 valence electrons. The van der Waals surface area contributed by atoms with Crippen molar-refractivity contribution in [2.45, 2.75) is 45.9 Å². The number of hydrogen-bond acceptors (Lipinski definition) is 7. The average Bonchev–Trinajstić information content (AvgIpc) is 2.91. The van der Waals surface area contributed by atoms with Gasteiger partial charge in [0, 0.05) is 31.1 Å². The summed E-state index contributed by atoms with van der Waals surface area (Å²) in [4.78, 5) is 12.4. The molecule has 1 N–H and O–H groups in total. The minimum absolute atomic E-state index is 0.0404. The summed E-state index contributed by atoms with van der Waals surface area (Å²) in [6.07, 6.45) is -0.867. The van der Waals surface area contributed by atoms with E-state index in [2.05, 4.69) is 10.2 Å². The normalized spacial score (nSPS) is 13.2. The molecule has 8 nitrogen and oxygen atoms in total. The standard InChI is InChI=1S/C16H22N4O4/c1-11-17-18-15(24-11)10-19(16(2,3)4)9-14(21)12-6-5-7-13(8-12)20(22)23/h5-8,14,21H,9-10H2,1-4H3. The minimum Gasteiger partial charge on any atom is -0.424 e. The second kappa shape index (κ2) is 7.06. The predicted octanol–water partition coefficient (Wildman–Crippen LogP) is 2.62. The summed E-state index contributed by atoms with van der Waals surface area (Å²) >= 11 is 0. The molecule has 0 saturated carbocycles. The molecule has 1 aromatic carbocycles. The van der Waals surface area contributed by atoms with E-state index in [1.807, 2.05) is 25.7 Å². The maximum atomic E-state index is 10.9. The van der Waals surface area contributed by atoms with Crippen LogP contribution < -0.4 is 0 Å². The summed E-state index contributed by atoms with van der Waals surface area (Å²) in [5.74, 6) is 0.951. The van der Waals surface area contributed by atoms with Gasteiger partial charge in [-0.15, -0.1) is 10.2 Å². The molecule has 0 aliphatic rings. The number of β-amino-alcohol motifs (C(OH)–C–C–N with tert-alkyl or cyclic N) is 1. The van der Waals surface area contributed by atoms with Crippen LogP contribution in [0.4, 0.5) is 5.69 Å². The SMILES string of the molecule is Cc1nnc(CN(CC(O)c2cccc([N+](=O)[O-])c2)C(C)(C)C)o1. The van der Waals surface area contributed by atoms with E-state index >= 15 is 0 Å². The van der Waals surface area contributed by atoms with Gasteiger partial charge in [-0.3, -0.25) is 15.0 Å². The lowest BCUT2D eigenvalue weighted by molar-refractivity contribution is -0.385. The van der Waals surface area contributed by atoms with Crippen LogP contribution in [0.5, 0.6) is 0 Å². The number of aliphatic hydroxyl groups is 1. The molecule has 2 aromatic rings. The monoisotopic (exact) mass is 334 g/mol. The number of aliphatic hydroxyl groups excluding tert-OH is 1. The van der Waals surface area contributed by atoms with Crippen LogP contribution in [-0.4, -0.2) is 37.2 Å². The van der Waals surface area contributed by atoms with Crippen LogP contribution in [-0.2, 0) is 6.54 Å². The zero-order chi connectivity index (χ0) is 17.9. The first-order valence-corrected chi connectivity index (χ1v) is 7.63. The molecular formula is C16H22N4O4. The number of benzene rings is 1. The van der Waals surface area contributed by atoms with Gasteiger partial charge >= 0.3 is 0 Å². The molecule has 1 heterocycles. The van der Waals surface area contributed by atoms with Crippen molar-refractivity contribution < 1.29 is 14.4 Å². The van der Waals surface area contributed by atoms with Gasteiger partial charge in [-0.05, 0) is 26.3 Å². The highest BCUT2D eigenvalue weighted by Crippen LogP contribution is 2.24. The second-order valence-corrected chi connectivity index (χ2v) is 6.63. The molecule has 1 unspecified atom stereocenters. The van der Waals surface area contributed by atoms with Crippen molar-refractivity contribution in [3.63, 3.8) is 0 Å². The molecule has 8 heteroatoms. The Kier molecular flexibility index (Phi) is 5.30. The van der Waals surface area contributed by atoms with Crippen molar-refractivity contribution in [1.82, 2.24) is 15.1 Å². The van der Waals surface area contributed by atoms with Crippen LogP contribution in [0.3, 0.4) is 0 Å². The Morgan fingerprint density at radius 3 is 2.62 bits per heavy atom. The van der Waals surface area contributed by atoms with Gasteiger partial charge in [-0.1, -0.05) is 12.1 Å². The van der Waals surface area contributed by atoms with E-state index in [0.717, 1.165) is 0 Å². The minimum atomic E-state index is -0.867. The van der Waals surface area contributed by atoms with Gasteiger partial charge < -0.3 is 9.52 Å². The highest BCUT2D eigenvalue weighted by molar-refractivity contribution is 5.35. The van der Waals surface area contributed by atoms with Crippen LogP contribution >= 0.6 is 0 Å². The van der Waals surface area contributed by atoms with Crippen molar-refractivity contribution in [3.05, 3.63) is 51.7 Å². The van der Waals surface area contributed by atoms with Crippen molar-refractivity contribution in [2.75, 3.05) is 6.54 Å². The van der Waals surface area contributed by atoms with Gasteiger partial charge in [0.05, 0.1) is 17.6 Å². The summed E-state index contributed by atoms with van der Waals surface area (Å²) in [7, 11) is 0. The number of rotatable bonds is 6. The molecule has 24 heavy (non-hydrogen) atoms. The summed E-state index contributed by atoms with van der Waals surface area (Å²) < 4.78 is 5.41. The number of aryl methyl sites for hydroxylation is 1. The van der Waals surface area contributed by atoms with E-state index in [4.69, 9.17) is 4.42 Å². The second-order valence-electron chi connectivity index (χ2n) is 6.63. The number of nitrogens with zero attached hydrogens (tertiary/aromatic N) is 4. The third-order valence-corrected chi connectivity index (χ3v) is 3.70. The highest BCUT2D eigenvalue weighted by Gasteiger charge is 2.26. The zero-order valence-corrected chi connectivity index (χ0v) is 14.3. The van der Waals surface area contributed by atoms with Gasteiger partial charge in [0.15, 0.2) is 0 Å². The van der Waals surface area contributed by atoms with Gasteiger partial charge in [0.1, 0.15) is 0 Å². The molecule has 0 spiro atoms. The first-order chi connectivity index (χ1) is 11.2. The van der Waals surface area contributed by atoms with Gasteiger partial charge in [-0.25, -0.2) is 0 Å². The summed E-state index contributed by atoms with van der Waals surface area (Å²) in [5, 5.41) is 29.2. The molecule has 0 amide bonds. The number of aromatic nitrogens is 2. The largest absolute Gasteiger partial charge is 0.424 e. The predicted molar refractivity (Wildman–Crippen MR) is 87.3 cm³/mol. The quantitative estimate of drug-likeness (QED) is 0.639. The molecule has 0 fully saturated rings. The van der Waals surface area contributed by atoms with Crippen LogP contribution in [0.2, 0.25) is 0 Å². The molecule has 0 saturated heterocycles. The first-order valence-electron chi connectivity index (χ1n) is 7.63. The number of nitro groups is 1. The Labute approximate surface area is 140 Å². The molecule has 0 radical (unpaired) electrons. The number of non-ortho nitro benzene ring substituents is 1. The maximum Gasteiger partial charge on any atom is 0.269 e. The van der Waals surface area contributed by atoms with E-state index < -0.39 is 11.0 Å². The fourth-order valence-corrected chi connectivity index (χ4v) is 2.30. The van der Waals surface area contributed by atoms with Crippen molar-refractivity contribution >= 4 is 5.69 Å². The molecular weight excluding hydrogens is 312 g/mol. The van der Waals surface area contributed by atoms with Crippen LogP contribution in [0.1, 0.15) is 44.2 Å². The third kappa shape index (κ3) is 4.59. The van der Waals surface area contributed by atoms with E-state index in [0.29, 0.717) is 23.9 Å². The molecule has 0 aliphatic heterocycles. The van der Waals surface area contributed by atoms with E-state index in [1.165, 1.54) is 12.1 Å². The Bertz CT molecular complexity index is 708. The topological polar surface area (TPSA) is 106 Å². The van der Waals surface area contributed by atoms with Crippen molar-refractivity contribution in [3.8, 4) is 0 Å². The lowest BCUT2D eigenvalue weighted by atomic mass is 10.0. The van der Waals surface area contributed by atoms with Gasteiger partial charge in [0.25, 0.3) is 5.69 Å². The van der Waals surface area contributed by atoms with Crippen molar-refractivity contribution in [1.29, 1.82) is 0 Å². The number of hydrogen-bond donors (Lipinski definition) is 1. The zero-order valence-electron chi connectivity index (χ0n) is 14.3. The Morgan fingerprint density at radius 1 is 1.38 bits per heavy atom. The van der Waals surface area contributed by atoms with Gasteiger partial charge in [0.2, 0.25) is 11.8 Å². The summed E-state index contributed by atoms with van der Waals surface area (Å²) in [5.41, 5.74) is 0.200. The molecule has 2 rings (SSSR count). The summed E-state index contributed by atoms with van der Waals surface area (Å²) in [6.45, 7) is 8.42. The van der Waals surface area contributed by atoms with E-state index in [1.54, 1.807) is 19.1 Å². The van der Waals surface area contributed by atoms with Crippen LogP contribution in [0.25, 0.3) is 0 Å². The molecule has 1 aromatic heterocycles. The van der Waals surface area contributed by atoms with Crippen molar-refractivity contribution in [2.24, 2.45) is 0 Å². The smallest absolute Gasteiger partial charge is 0.269 e. The maximum absolute atomic E-state index is 10.9. The lowest BCUT2D eigenvalue weighted by Gasteiger charge is -2.36. The Balaban J connectivity index is 2.16. The first kappa shape index (κ1) is 18.0. The van der Waals surface area contributed by atoms with Crippen LogP contribution in [0.15, 0.2) is 28.7 Å². The average molecular weight is 334 g/mol. The summed E-state index contributed by atoms with van der Waals surface area (Å²) in [6, 6.07) is 6.04. The highest BCUT2D eigenvalue weighted by atomic mass is 16.6. The molecule has 1 atom stereocenters. The van der Waals surface area contributed by atoms with Crippen LogP contribution in [0, 0.1) is 17.0 Å². The van der Waals surface area contributed by atoms with Gasteiger partial charge in [-0.2, -0.15) is 0 Å². The Hall–Kier alpha value is -2.32. The van der Waals surface area contributed by atoms with E-state index in [9.17, 15) is 15.2 Å². The number of nitro benzene ring substituents is 1. The third-order valence-electron chi connectivity index (χ3n) is 3.70. The fraction of sp³-hybridized carbons (Fsp3) is 0.500. The Morgan fingerprint density at radius 2 is 2.08 bits per heavy atom. The van der Waals surface area contributed by atoms with E-state index in [-0.39, 0.29) is 17.8 Å². The molecule has 0 aliphatic carbocycles.